The minimum Gasteiger partial charge on any atom is -0.462 e. The minimum atomic E-state index is -4.96. The fourth-order valence-electron chi connectivity index (χ4n) is 12.6. The lowest BCUT2D eigenvalue weighted by Crippen LogP contribution is -2.30. The van der Waals surface area contributed by atoms with Gasteiger partial charge in [0.25, 0.3) is 0 Å². The van der Waals surface area contributed by atoms with Crippen molar-refractivity contribution >= 4 is 39.5 Å². The number of hydrogen-bond donors (Lipinski definition) is 3. The predicted octanol–water partition coefficient (Wildman–Crippen LogP) is 24.4. The third-order valence-corrected chi connectivity index (χ3v) is 20.9. The van der Waals surface area contributed by atoms with Crippen LogP contribution < -0.4 is 0 Å². The van der Waals surface area contributed by atoms with Gasteiger partial charge in [-0.25, -0.2) is 9.13 Å². The zero-order chi connectivity index (χ0) is 73.4. The first-order valence-electron chi connectivity index (χ1n) is 42.1. The number of carbonyl (C=O) groups is 4. The van der Waals surface area contributed by atoms with Gasteiger partial charge in [-0.15, -0.1) is 0 Å². The highest BCUT2D eigenvalue weighted by Crippen LogP contribution is 2.45. The van der Waals surface area contributed by atoms with Gasteiger partial charge in [-0.3, -0.25) is 37.3 Å². The second-order valence-electron chi connectivity index (χ2n) is 29.6. The van der Waals surface area contributed by atoms with Crippen molar-refractivity contribution in [2.24, 2.45) is 5.92 Å². The number of ether oxygens (including phenoxy) is 4. The fraction of sp³-hybridized carbons (Fsp3) is 0.951. The zero-order valence-electron chi connectivity index (χ0n) is 65.3. The Morgan fingerprint density at radius 2 is 0.460 bits per heavy atom. The number of rotatable bonds is 81. The monoisotopic (exact) mass is 1470 g/mol. The van der Waals surface area contributed by atoms with E-state index in [2.05, 4.69) is 34.6 Å². The molecular formula is C81H158O17P2. The molecule has 0 aromatic carbocycles. The van der Waals surface area contributed by atoms with Crippen molar-refractivity contribution < 1.29 is 80.2 Å². The molecule has 0 aliphatic carbocycles. The van der Waals surface area contributed by atoms with Crippen LogP contribution in [0.4, 0.5) is 0 Å². The summed E-state index contributed by atoms with van der Waals surface area (Å²) in [7, 11) is -9.92. The molecule has 0 spiro atoms. The van der Waals surface area contributed by atoms with Crippen LogP contribution in [0.1, 0.15) is 433 Å². The second kappa shape index (κ2) is 73.9. The summed E-state index contributed by atoms with van der Waals surface area (Å²) in [4.78, 5) is 73.0. The van der Waals surface area contributed by atoms with Gasteiger partial charge < -0.3 is 33.8 Å². The van der Waals surface area contributed by atoms with Gasteiger partial charge in [0.05, 0.1) is 26.4 Å². The van der Waals surface area contributed by atoms with Gasteiger partial charge in [0.15, 0.2) is 12.2 Å². The van der Waals surface area contributed by atoms with Crippen molar-refractivity contribution in [2.75, 3.05) is 39.6 Å². The first-order valence-corrected chi connectivity index (χ1v) is 45.1. The van der Waals surface area contributed by atoms with Crippen molar-refractivity contribution in [2.45, 2.75) is 451 Å². The summed E-state index contributed by atoms with van der Waals surface area (Å²) >= 11 is 0. The Hall–Kier alpha value is -1.94. The van der Waals surface area contributed by atoms with E-state index in [0.717, 1.165) is 96.3 Å². The van der Waals surface area contributed by atoms with E-state index in [9.17, 15) is 43.2 Å². The molecule has 5 atom stereocenters. The molecule has 0 aromatic rings. The molecule has 0 aliphatic heterocycles. The predicted molar refractivity (Wildman–Crippen MR) is 409 cm³/mol. The lowest BCUT2D eigenvalue weighted by Gasteiger charge is -2.21. The number of esters is 4. The van der Waals surface area contributed by atoms with Crippen LogP contribution in [-0.2, 0) is 65.4 Å². The highest BCUT2D eigenvalue weighted by atomic mass is 31.2. The van der Waals surface area contributed by atoms with Crippen LogP contribution in [0.3, 0.4) is 0 Å². The quantitative estimate of drug-likeness (QED) is 0.0222. The highest BCUT2D eigenvalue weighted by Gasteiger charge is 2.30. The maximum atomic E-state index is 13.1. The van der Waals surface area contributed by atoms with E-state index in [1.165, 1.54) is 250 Å². The maximum Gasteiger partial charge on any atom is 0.472 e. The van der Waals surface area contributed by atoms with Crippen molar-refractivity contribution in [1.29, 1.82) is 0 Å². The molecule has 0 aromatic heterocycles. The molecule has 100 heavy (non-hydrogen) atoms. The van der Waals surface area contributed by atoms with E-state index in [1.807, 2.05) is 0 Å². The van der Waals surface area contributed by atoms with Crippen LogP contribution >= 0.6 is 15.6 Å². The molecule has 0 bridgehead atoms. The lowest BCUT2D eigenvalue weighted by atomic mass is 10.0. The summed E-state index contributed by atoms with van der Waals surface area (Å²) in [5.41, 5.74) is 0. The van der Waals surface area contributed by atoms with Crippen LogP contribution in [-0.4, -0.2) is 96.7 Å². The van der Waals surface area contributed by atoms with Gasteiger partial charge in [0.1, 0.15) is 19.3 Å². The highest BCUT2D eigenvalue weighted by molar-refractivity contribution is 7.47. The number of aliphatic hydroxyl groups excluding tert-OH is 1. The lowest BCUT2D eigenvalue weighted by molar-refractivity contribution is -0.161. The minimum absolute atomic E-state index is 0.107. The molecule has 2 unspecified atom stereocenters. The standard InChI is InChI=1S/C81H158O17P2/c1-6-9-12-15-18-21-24-27-30-32-33-34-35-38-41-44-47-50-57-62-66-80(85)97-76(70-91-78(83)64-59-54-48-45-42-39-37-31-28-25-22-19-16-13-10-7-2)72-95-99(87,88)93-68-75(82)69-94-100(89,90)96-73-77(71-92-79(84)65-60-55-52-51-53-58-63-74(4)5)98-81(86)67-61-56-49-46-43-40-36-29-26-23-20-17-14-11-8-3/h74-77,82H,6-73H2,1-5H3,(H,87,88)(H,89,90)/t75-,76-,77-/m1/s1. The van der Waals surface area contributed by atoms with E-state index in [-0.39, 0.29) is 25.7 Å². The van der Waals surface area contributed by atoms with Crippen LogP contribution in [0, 0.1) is 5.92 Å². The summed E-state index contributed by atoms with van der Waals surface area (Å²) in [5, 5.41) is 10.6. The summed E-state index contributed by atoms with van der Waals surface area (Å²) in [5.74, 6) is -1.43. The van der Waals surface area contributed by atoms with E-state index in [0.29, 0.717) is 31.6 Å². The van der Waals surface area contributed by atoms with Crippen molar-refractivity contribution in [3.63, 3.8) is 0 Å². The van der Waals surface area contributed by atoms with Crippen molar-refractivity contribution in [3.8, 4) is 0 Å². The molecule has 0 rings (SSSR count). The smallest absolute Gasteiger partial charge is 0.462 e. The Labute approximate surface area is 613 Å². The molecule has 3 N–H and O–H groups in total. The Morgan fingerprint density at radius 1 is 0.270 bits per heavy atom. The summed E-state index contributed by atoms with van der Waals surface area (Å²) in [6.45, 7) is 7.25. The largest absolute Gasteiger partial charge is 0.472 e. The average Bonchev–Trinajstić information content (AvgIpc) is 0.941. The maximum absolute atomic E-state index is 13.1. The van der Waals surface area contributed by atoms with E-state index in [4.69, 9.17) is 37.0 Å². The van der Waals surface area contributed by atoms with Crippen LogP contribution in [0.15, 0.2) is 0 Å². The summed E-state index contributed by atoms with van der Waals surface area (Å²) < 4.78 is 68.7. The average molecular weight is 1470 g/mol. The Kier molecular flexibility index (Phi) is 72.5. The van der Waals surface area contributed by atoms with Crippen LogP contribution in [0.2, 0.25) is 0 Å². The first-order chi connectivity index (χ1) is 48.5. The van der Waals surface area contributed by atoms with Crippen LogP contribution in [0.25, 0.3) is 0 Å². The number of hydrogen-bond acceptors (Lipinski definition) is 15. The number of carbonyl (C=O) groups excluding carboxylic acids is 4. The van der Waals surface area contributed by atoms with E-state index >= 15 is 0 Å². The molecule has 0 aliphatic rings. The van der Waals surface area contributed by atoms with Gasteiger partial charge in [0, 0.05) is 25.7 Å². The Morgan fingerprint density at radius 3 is 0.680 bits per heavy atom. The summed E-state index contributed by atoms with van der Waals surface area (Å²) in [6, 6.07) is 0. The van der Waals surface area contributed by atoms with E-state index < -0.39 is 97.5 Å². The van der Waals surface area contributed by atoms with Crippen molar-refractivity contribution in [3.05, 3.63) is 0 Å². The third-order valence-electron chi connectivity index (χ3n) is 19.0. The molecule has 0 heterocycles. The number of unbranched alkanes of at least 4 members (excludes halogenated alkanes) is 53. The van der Waals surface area contributed by atoms with Gasteiger partial charge in [-0.05, 0) is 31.6 Å². The topological polar surface area (TPSA) is 237 Å². The molecule has 17 nitrogen and oxygen atoms in total. The molecule has 19 heteroatoms. The molecule has 594 valence electrons. The molecule has 0 fully saturated rings. The third kappa shape index (κ3) is 74.3. The number of phosphoric acid groups is 2. The summed E-state index contributed by atoms with van der Waals surface area (Å²) in [6.07, 6.45) is 65.4. The molecule has 0 saturated heterocycles. The first kappa shape index (κ1) is 98.1. The Balaban J connectivity index is 5.21. The molecular weight excluding hydrogens is 1310 g/mol. The zero-order valence-corrected chi connectivity index (χ0v) is 67.1. The van der Waals surface area contributed by atoms with Gasteiger partial charge >= 0.3 is 39.5 Å². The fourth-order valence-corrected chi connectivity index (χ4v) is 14.2. The molecule has 0 radical (unpaired) electrons. The normalized spacial score (nSPS) is 13.8. The van der Waals surface area contributed by atoms with Crippen LogP contribution in [0.5, 0.6) is 0 Å². The number of phosphoric ester groups is 2. The molecule has 0 saturated carbocycles. The van der Waals surface area contributed by atoms with Gasteiger partial charge in [-0.2, -0.15) is 0 Å². The van der Waals surface area contributed by atoms with Crippen molar-refractivity contribution in [1.82, 2.24) is 0 Å². The number of aliphatic hydroxyl groups is 1. The molecule has 0 amide bonds. The SMILES string of the molecule is CCCCCCCCCCCCCCCCCCCCCCC(=O)O[C@H](COC(=O)CCCCCCCCCCCCCCCCCC)COP(=O)(O)OC[C@@H](O)COP(=O)(O)OC[C@@H](COC(=O)CCCCCCCCC(C)C)OC(=O)CCCCCCCCCCCCCCCCC. The van der Waals surface area contributed by atoms with E-state index in [1.54, 1.807) is 0 Å². The van der Waals surface area contributed by atoms with Gasteiger partial charge in [0.2, 0.25) is 0 Å². The van der Waals surface area contributed by atoms with Gasteiger partial charge in [-0.1, -0.05) is 381 Å². The second-order valence-corrected chi connectivity index (χ2v) is 32.5. The Bertz CT molecular complexity index is 1910.